The molecule has 0 unspecified atom stereocenters. The molecule has 3 heterocycles. The lowest BCUT2D eigenvalue weighted by molar-refractivity contribution is -0.151. The third-order valence-electron chi connectivity index (χ3n) is 6.75. The second kappa shape index (κ2) is 7.41. The fourth-order valence-electron chi connectivity index (χ4n) is 5.55. The minimum Gasteiger partial charge on any atom is -0.336 e. The Morgan fingerprint density at radius 3 is 2.68 bits per heavy atom. The molecule has 0 aliphatic carbocycles. The third kappa shape index (κ3) is 3.26. The molecular weight excluding hydrogens is 379 g/mol. The summed E-state index contributed by atoms with van der Waals surface area (Å²) < 4.78 is 42.4. The maximum Gasteiger partial charge on any atom is 0.246 e. The molecule has 0 spiro atoms. The van der Waals surface area contributed by atoms with Crippen LogP contribution in [0.3, 0.4) is 0 Å². The molecule has 3 aliphatic heterocycles. The molecule has 2 bridgehead atoms. The largest absolute Gasteiger partial charge is 0.336 e. The number of sulfonamides is 1. The van der Waals surface area contributed by atoms with Gasteiger partial charge in [-0.15, -0.1) is 0 Å². The summed E-state index contributed by atoms with van der Waals surface area (Å²) in [6, 6.07) is 4.51. The van der Waals surface area contributed by atoms with Crippen molar-refractivity contribution in [2.75, 3.05) is 13.1 Å². The van der Waals surface area contributed by atoms with E-state index in [9.17, 15) is 17.6 Å². The van der Waals surface area contributed by atoms with Crippen molar-refractivity contribution in [2.24, 2.45) is 11.8 Å². The monoisotopic (exact) mass is 408 g/mol. The van der Waals surface area contributed by atoms with Crippen LogP contribution in [0, 0.1) is 24.6 Å². The standard InChI is InChI=1S/C21H29FN2O3S/c1-3-5-18-15-11-16(19-6-4-7-21(25)24(18)19)13-23(12-15)28(26,27)20-9-8-14(2)10-17(20)22/h8-10,15-16,18-19H,3-7,11-13H2,1-2H3/t15-,16+,18-,19-/m0/s1. The Bertz CT molecular complexity index is 872. The summed E-state index contributed by atoms with van der Waals surface area (Å²) in [6.07, 6.45) is 5.23. The molecule has 1 amide bonds. The van der Waals surface area contributed by atoms with Gasteiger partial charge in [0.05, 0.1) is 0 Å². The van der Waals surface area contributed by atoms with Gasteiger partial charge < -0.3 is 4.90 Å². The van der Waals surface area contributed by atoms with E-state index in [4.69, 9.17) is 0 Å². The van der Waals surface area contributed by atoms with Crippen molar-refractivity contribution in [3.8, 4) is 0 Å². The molecule has 4 rings (SSSR count). The zero-order valence-electron chi connectivity index (χ0n) is 16.6. The number of fused-ring (bicyclic) bond motifs is 4. The van der Waals surface area contributed by atoms with Crippen LogP contribution in [0.2, 0.25) is 0 Å². The highest BCUT2D eigenvalue weighted by Gasteiger charge is 2.50. The first kappa shape index (κ1) is 19.8. The highest BCUT2D eigenvalue weighted by Crippen LogP contribution is 2.44. The first-order valence-electron chi connectivity index (χ1n) is 10.4. The molecule has 3 fully saturated rings. The number of halogens is 1. The second-order valence-electron chi connectivity index (χ2n) is 8.63. The van der Waals surface area contributed by atoms with Crippen molar-refractivity contribution < 1.29 is 17.6 Å². The number of aryl methyl sites for hydroxylation is 1. The molecular formula is C21H29FN2O3S. The Hall–Kier alpha value is -1.47. The quantitative estimate of drug-likeness (QED) is 0.768. The Morgan fingerprint density at radius 2 is 1.96 bits per heavy atom. The van der Waals surface area contributed by atoms with Crippen LogP contribution in [-0.4, -0.2) is 48.7 Å². The fraction of sp³-hybridized carbons (Fsp3) is 0.667. The maximum atomic E-state index is 14.4. The van der Waals surface area contributed by atoms with Gasteiger partial charge in [0, 0.05) is 31.6 Å². The van der Waals surface area contributed by atoms with Crippen molar-refractivity contribution in [3.63, 3.8) is 0 Å². The molecule has 1 aromatic carbocycles. The van der Waals surface area contributed by atoms with Gasteiger partial charge in [-0.25, -0.2) is 12.8 Å². The van der Waals surface area contributed by atoms with Crippen LogP contribution in [0.15, 0.2) is 23.1 Å². The van der Waals surface area contributed by atoms with Gasteiger partial charge in [0.15, 0.2) is 0 Å². The third-order valence-corrected chi connectivity index (χ3v) is 8.62. The summed E-state index contributed by atoms with van der Waals surface area (Å²) in [6.45, 7) is 4.59. The summed E-state index contributed by atoms with van der Waals surface area (Å²) in [5.74, 6) is -0.194. The zero-order chi connectivity index (χ0) is 20.1. The molecule has 28 heavy (non-hydrogen) atoms. The number of rotatable bonds is 4. The number of carbonyl (C=O) groups excluding carboxylic acids is 1. The van der Waals surface area contributed by atoms with Gasteiger partial charge in [0.25, 0.3) is 0 Å². The maximum absolute atomic E-state index is 14.4. The van der Waals surface area contributed by atoms with Crippen molar-refractivity contribution in [1.82, 2.24) is 9.21 Å². The molecule has 0 aromatic heterocycles. The van der Waals surface area contributed by atoms with Crippen molar-refractivity contribution in [1.29, 1.82) is 0 Å². The normalized spacial score (nSPS) is 31.0. The van der Waals surface area contributed by atoms with Gasteiger partial charge in [0.1, 0.15) is 10.7 Å². The van der Waals surface area contributed by atoms with E-state index < -0.39 is 15.8 Å². The Morgan fingerprint density at radius 1 is 1.21 bits per heavy atom. The van der Waals surface area contributed by atoms with Crippen molar-refractivity contribution in [2.45, 2.75) is 69.4 Å². The average molecular weight is 409 g/mol. The van der Waals surface area contributed by atoms with Gasteiger partial charge >= 0.3 is 0 Å². The Labute approximate surface area is 166 Å². The van der Waals surface area contributed by atoms with Crippen LogP contribution in [0.5, 0.6) is 0 Å². The van der Waals surface area contributed by atoms with E-state index in [2.05, 4.69) is 11.8 Å². The topological polar surface area (TPSA) is 57.7 Å². The van der Waals surface area contributed by atoms with Crippen molar-refractivity contribution in [3.05, 3.63) is 29.6 Å². The SMILES string of the molecule is CCC[C@H]1[C@H]2C[C@H](CN(S(=O)(=O)c3ccc(C)cc3F)C2)[C@@H]2CCCC(=O)N21. The summed E-state index contributed by atoms with van der Waals surface area (Å²) >= 11 is 0. The van der Waals surface area contributed by atoms with E-state index in [1.165, 1.54) is 16.4 Å². The van der Waals surface area contributed by atoms with Gasteiger partial charge in [-0.05, 0) is 62.1 Å². The molecule has 154 valence electrons. The predicted molar refractivity (Wildman–Crippen MR) is 105 cm³/mol. The lowest BCUT2D eigenvalue weighted by Crippen LogP contribution is -2.65. The zero-order valence-corrected chi connectivity index (χ0v) is 17.4. The Kier molecular flexibility index (Phi) is 5.25. The first-order chi connectivity index (χ1) is 13.3. The number of nitrogens with zero attached hydrogens (tertiary/aromatic N) is 2. The molecule has 7 heteroatoms. The highest BCUT2D eigenvalue weighted by molar-refractivity contribution is 7.89. The lowest BCUT2D eigenvalue weighted by Gasteiger charge is -2.56. The van der Waals surface area contributed by atoms with Gasteiger partial charge in [-0.2, -0.15) is 4.31 Å². The predicted octanol–water partition coefficient (Wildman–Crippen LogP) is 3.32. The molecule has 5 nitrogen and oxygen atoms in total. The van der Waals surface area contributed by atoms with E-state index >= 15 is 0 Å². The number of hydrogen-bond donors (Lipinski definition) is 0. The number of hydrogen-bond acceptors (Lipinski definition) is 3. The highest BCUT2D eigenvalue weighted by atomic mass is 32.2. The lowest BCUT2D eigenvalue weighted by atomic mass is 9.71. The van der Waals surface area contributed by atoms with Crippen molar-refractivity contribution >= 4 is 15.9 Å². The molecule has 0 radical (unpaired) electrons. The second-order valence-corrected chi connectivity index (χ2v) is 10.5. The van der Waals surface area contributed by atoms with Gasteiger partial charge in [0.2, 0.25) is 15.9 Å². The summed E-state index contributed by atoms with van der Waals surface area (Å²) in [7, 11) is -3.89. The Balaban J connectivity index is 1.67. The van der Waals surface area contributed by atoms with E-state index in [-0.39, 0.29) is 34.7 Å². The van der Waals surface area contributed by atoms with Crippen LogP contribution in [0.1, 0.15) is 51.0 Å². The summed E-state index contributed by atoms with van der Waals surface area (Å²) in [5, 5.41) is 0. The van der Waals surface area contributed by atoms with Crippen LogP contribution in [0.25, 0.3) is 0 Å². The number of carbonyl (C=O) groups is 1. The molecule has 0 N–H and O–H groups in total. The van der Waals surface area contributed by atoms with Gasteiger partial charge in [-0.3, -0.25) is 4.79 Å². The molecule has 3 aliphatic rings. The summed E-state index contributed by atoms with van der Waals surface area (Å²) in [5.41, 5.74) is 0.700. The number of benzene rings is 1. The van der Waals surface area contributed by atoms with Crippen LogP contribution in [-0.2, 0) is 14.8 Å². The summed E-state index contributed by atoms with van der Waals surface area (Å²) in [4.78, 5) is 14.5. The minimum atomic E-state index is -3.89. The first-order valence-corrected chi connectivity index (χ1v) is 11.8. The van der Waals surface area contributed by atoms with E-state index in [0.717, 1.165) is 32.1 Å². The number of amides is 1. The fourth-order valence-corrected chi connectivity index (χ4v) is 7.15. The minimum absolute atomic E-state index is 0.0971. The van der Waals surface area contributed by atoms with E-state index in [0.29, 0.717) is 25.1 Å². The van der Waals surface area contributed by atoms with Crippen LogP contribution < -0.4 is 0 Å². The van der Waals surface area contributed by atoms with E-state index in [1.54, 1.807) is 13.0 Å². The molecule has 1 aromatic rings. The smallest absolute Gasteiger partial charge is 0.246 e. The number of piperidine rings is 3. The molecule has 4 atom stereocenters. The average Bonchev–Trinajstić information content (AvgIpc) is 2.65. The van der Waals surface area contributed by atoms with E-state index in [1.807, 2.05) is 0 Å². The molecule has 3 saturated heterocycles. The van der Waals surface area contributed by atoms with Crippen LogP contribution in [0.4, 0.5) is 4.39 Å². The molecule has 0 saturated carbocycles. The van der Waals surface area contributed by atoms with Crippen LogP contribution >= 0.6 is 0 Å². The van der Waals surface area contributed by atoms with Gasteiger partial charge in [-0.1, -0.05) is 19.4 Å².